The lowest BCUT2D eigenvalue weighted by Crippen LogP contribution is -2.54. The second-order valence-corrected chi connectivity index (χ2v) is 9.95. The van der Waals surface area contributed by atoms with Gasteiger partial charge in [0.25, 0.3) is 0 Å². The average Bonchev–Trinajstić information content (AvgIpc) is 3.28. The molecule has 1 saturated heterocycles. The third kappa shape index (κ3) is 2.73. The lowest BCUT2D eigenvalue weighted by Gasteiger charge is -2.39. The van der Waals surface area contributed by atoms with E-state index in [4.69, 9.17) is 0 Å². The number of aromatic amines is 1. The van der Waals surface area contributed by atoms with E-state index in [9.17, 15) is 13.2 Å². The normalized spacial score (nSPS) is 23.4. The van der Waals surface area contributed by atoms with Crippen molar-refractivity contribution >= 4 is 26.8 Å². The number of carbonyl (C=O) groups is 1. The smallest absolute Gasteiger partial charge is 0.244 e. The fraction of sp³-hybridized carbons (Fsp3) is 0.579. The highest BCUT2D eigenvalue weighted by molar-refractivity contribution is 7.92. The van der Waals surface area contributed by atoms with Gasteiger partial charge in [0, 0.05) is 12.8 Å². The number of benzene rings is 1. The monoisotopic (exact) mass is 375 g/mol. The molecule has 2 fully saturated rings. The average molecular weight is 375 g/mol. The summed E-state index contributed by atoms with van der Waals surface area (Å²) in [7, 11) is -3.46. The van der Waals surface area contributed by atoms with Crippen LogP contribution in [-0.4, -0.2) is 46.7 Å². The van der Waals surface area contributed by atoms with E-state index in [0.29, 0.717) is 19.4 Å². The van der Waals surface area contributed by atoms with Crippen molar-refractivity contribution in [3.63, 3.8) is 0 Å². The van der Waals surface area contributed by atoms with Gasteiger partial charge in [-0.2, -0.15) is 0 Å². The minimum atomic E-state index is -3.46. The molecule has 26 heavy (non-hydrogen) atoms. The van der Waals surface area contributed by atoms with Gasteiger partial charge in [0.15, 0.2) is 14.6 Å². The number of para-hydroxylation sites is 2. The Morgan fingerprint density at radius 2 is 1.92 bits per heavy atom. The van der Waals surface area contributed by atoms with Gasteiger partial charge in [-0.25, -0.2) is 13.4 Å². The highest BCUT2D eigenvalue weighted by Gasteiger charge is 2.53. The second-order valence-electron chi connectivity index (χ2n) is 7.62. The van der Waals surface area contributed by atoms with Gasteiger partial charge in [-0.05, 0) is 44.2 Å². The van der Waals surface area contributed by atoms with Gasteiger partial charge in [0.2, 0.25) is 5.91 Å². The fourth-order valence-electron chi connectivity index (χ4n) is 4.54. The van der Waals surface area contributed by atoms with Crippen LogP contribution < -0.4 is 0 Å². The number of amides is 1. The zero-order valence-corrected chi connectivity index (χ0v) is 15.9. The molecule has 2 aliphatic rings. The van der Waals surface area contributed by atoms with Crippen molar-refractivity contribution in [2.75, 3.05) is 12.8 Å². The van der Waals surface area contributed by atoms with Crippen molar-refractivity contribution in [1.29, 1.82) is 0 Å². The van der Waals surface area contributed by atoms with Crippen LogP contribution in [-0.2, 0) is 14.6 Å². The maximum atomic E-state index is 13.5. The molecule has 7 heteroatoms. The Labute approximate surface area is 153 Å². The molecule has 2 heterocycles. The molecule has 1 aromatic carbocycles. The summed E-state index contributed by atoms with van der Waals surface area (Å²) in [6, 6.07) is 7.62. The first-order valence-electron chi connectivity index (χ1n) is 9.38. The van der Waals surface area contributed by atoms with Crippen molar-refractivity contribution in [2.45, 2.75) is 55.7 Å². The zero-order valence-electron chi connectivity index (χ0n) is 15.1. The van der Waals surface area contributed by atoms with Crippen LogP contribution in [0.3, 0.4) is 0 Å². The van der Waals surface area contributed by atoms with Crippen LogP contribution in [0.15, 0.2) is 24.3 Å². The molecule has 140 valence electrons. The van der Waals surface area contributed by atoms with Gasteiger partial charge in [-0.3, -0.25) is 4.79 Å². The van der Waals surface area contributed by atoms with E-state index in [2.05, 4.69) is 9.97 Å². The van der Waals surface area contributed by atoms with Crippen LogP contribution in [0.1, 0.15) is 56.8 Å². The number of hydrogen-bond acceptors (Lipinski definition) is 4. The lowest BCUT2D eigenvalue weighted by molar-refractivity contribution is -0.138. The quantitative estimate of drug-likeness (QED) is 0.894. The van der Waals surface area contributed by atoms with Gasteiger partial charge in [-0.1, -0.05) is 25.0 Å². The number of hydrogen-bond donors (Lipinski definition) is 1. The SMILES string of the molecule is CS(=O)(=O)C1(C(=O)N2CCCC[C@@H]2c2nc3ccccc3[nH]2)CCCC1. The van der Waals surface area contributed by atoms with E-state index in [1.54, 1.807) is 4.90 Å². The molecule has 1 aliphatic heterocycles. The molecular formula is C19H25N3O3S. The Hall–Kier alpha value is -1.89. The highest BCUT2D eigenvalue weighted by Crippen LogP contribution is 2.41. The Morgan fingerprint density at radius 1 is 1.19 bits per heavy atom. The van der Waals surface area contributed by atoms with Gasteiger partial charge >= 0.3 is 0 Å². The summed E-state index contributed by atoms with van der Waals surface area (Å²) in [5.41, 5.74) is 1.82. The topological polar surface area (TPSA) is 83.1 Å². The van der Waals surface area contributed by atoms with Gasteiger partial charge in [0.05, 0.1) is 17.1 Å². The number of aromatic nitrogens is 2. The van der Waals surface area contributed by atoms with E-state index in [0.717, 1.165) is 49.0 Å². The molecule has 0 radical (unpaired) electrons. The molecule has 6 nitrogen and oxygen atoms in total. The van der Waals surface area contributed by atoms with Gasteiger partial charge < -0.3 is 9.88 Å². The van der Waals surface area contributed by atoms with E-state index in [-0.39, 0.29) is 11.9 Å². The summed E-state index contributed by atoms with van der Waals surface area (Å²) in [5, 5.41) is 0. The number of imidazole rings is 1. The maximum absolute atomic E-state index is 13.5. The Bertz CT molecular complexity index is 895. The van der Waals surface area contributed by atoms with Crippen molar-refractivity contribution in [1.82, 2.24) is 14.9 Å². The number of piperidine rings is 1. The van der Waals surface area contributed by atoms with Crippen LogP contribution in [0.2, 0.25) is 0 Å². The van der Waals surface area contributed by atoms with Crippen molar-refractivity contribution in [2.24, 2.45) is 0 Å². The fourth-order valence-corrected chi connectivity index (χ4v) is 6.01. The number of nitrogens with one attached hydrogen (secondary N) is 1. The standard InChI is InChI=1S/C19H25N3O3S/c1-26(24,25)19(11-5-6-12-19)18(23)22-13-7-4-10-16(22)17-20-14-8-2-3-9-15(14)21-17/h2-3,8-9,16H,4-7,10-13H2,1H3,(H,20,21)/t16-/m1/s1. The molecule has 0 bridgehead atoms. The molecular weight excluding hydrogens is 350 g/mol. The molecule has 2 aromatic rings. The zero-order chi connectivity index (χ0) is 18.4. The van der Waals surface area contributed by atoms with Gasteiger partial charge in [-0.15, -0.1) is 0 Å². The molecule has 0 unspecified atom stereocenters. The Balaban J connectivity index is 1.72. The lowest BCUT2D eigenvalue weighted by atomic mass is 9.97. The number of rotatable bonds is 3. The largest absolute Gasteiger partial charge is 0.340 e. The van der Waals surface area contributed by atoms with Gasteiger partial charge in [0.1, 0.15) is 5.82 Å². The van der Waals surface area contributed by atoms with Crippen molar-refractivity contribution < 1.29 is 13.2 Å². The molecule has 1 atom stereocenters. The van der Waals surface area contributed by atoms with Crippen LogP contribution in [0, 0.1) is 0 Å². The molecule has 1 N–H and O–H groups in total. The molecule has 1 aromatic heterocycles. The van der Waals surface area contributed by atoms with Crippen LogP contribution >= 0.6 is 0 Å². The summed E-state index contributed by atoms with van der Waals surface area (Å²) in [4.78, 5) is 23.3. The maximum Gasteiger partial charge on any atom is 0.244 e. The number of nitrogens with zero attached hydrogens (tertiary/aromatic N) is 2. The molecule has 4 rings (SSSR count). The van der Waals surface area contributed by atoms with Crippen LogP contribution in [0.4, 0.5) is 0 Å². The Morgan fingerprint density at radius 3 is 2.62 bits per heavy atom. The first-order chi connectivity index (χ1) is 12.4. The molecule has 1 amide bonds. The minimum absolute atomic E-state index is 0.178. The number of sulfone groups is 1. The van der Waals surface area contributed by atoms with Crippen LogP contribution in [0.5, 0.6) is 0 Å². The molecule has 1 saturated carbocycles. The second kappa shape index (κ2) is 6.37. The third-order valence-corrected chi connectivity index (χ3v) is 8.00. The Kier molecular flexibility index (Phi) is 4.29. The van der Waals surface area contributed by atoms with Crippen molar-refractivity contribution in [3.05, 3.63) is 30.1 Å². The van der Waals surface area contributed by atoms with E-state index in [1.165, 1.54) is 6.26 Å². The summed E-state index contributed by atoms with van der Waals surface area (Å²) in [6.07, 6.45) is 6.41. The van der Waals surface area contributed by atoms with E-state index >= 15 is 0 Å². The van der Waals surface area contributed by atoms with E-state index < -0.39 is 14.6 Å². The summed E-state index contributed by atoms with van der Waals surface area (Å²) < 4.78 is 23.9. The number of carbonyl (C=O) groups excluding carboxylic acids is 1. The van der Waals surface area contributed by atoms with Crippen molar-refractivity contribution in [3.8, 4) is 0 Å². The summed E-state index contributed by atoms with van der Waals surface area (Å²) >= 11 is 0. The predicted octanol–water partition coefficient (Wildman–Crippen LogP) is 2.97. The first kappa shape index (κ1) is 17.5. The number of likely N-dealkylation sites (tertiary alicyclic amines) is 1. The molecule has 0 spiro atoms. The number of H-pyrrole nitrogens is 1. The summed E-state index contributed by atoms with van der Waals surface area (Å²) in [5.74, 6) is 0.545. The highest BCUT2D eigenvalue weighted by atomic mass is 32.2. The first-order valence-corrected chi connectivity index (χ1v) is 11.3. The minimum Gasteiger partial charge on any atom is -0.340 e. The third-order valence-electron chi connectivity index (χ3n) is 6.00. The van der Waals surface area contributed by atoms with Crippen LogP contribution in [0.25, 0.3) is 11.0 Å². The molecule has 1 aliphatic carbocycles. The summed E-state index contributed by atoms with van der Waals surface area (Å²) in [6.45, 7) is 0.595. The number of fused-ring (bicyclic) bond motifs is 1. The van der Waals surface area contributed by atoms with E-state index in [1.807, 2.05) is 24.3 Å². The predicted molar refractivity (Wildman–Crippen MR) is 100 cm³/mol.